The normalized spacial score (nSPS) is 10.3. The molecule has 114 valence electrons. The van der Waals surface area contributed by atoms with Crippen molar-refractivity contribution >= 4 is 11.8 Å². The van der Waals surface area contributed by atoms with Gasteiger partial charge in [0.05, 0.1) is 11.6 Å². The van der Waals surface area contributed by atoms with Crippen LogP contribution in [-0.4, -0.2) is 22.1 Å². The summed E-state index contributed by atoms with van der Waals surface area (Å²) in [6.07, 6.45) is 0. The molecule has 1 aromatic carbocycles. The average Bonchev–Trinajstić information content (AvgIpc) is 2.90. The van der Waals surface area contributed by atoms with Crippen LogP contribution in [-0.2, 0) is 6.54 Å². The zero-order chi connectivity index (χ0) is 16.1. The SMILES string of the molecule is Cc1cc(NC(=O)N(Cc2ccc(C#N)cc2)C(C)C)no1. The summed E-state index contributed by atoms with van der Waals surface area (Å²) in [4.78, 5) is 14.1. The van der Waals surface area contributed by atoms with Crippen molar-refractivity contribution in [3.63, 3.8) is 0 Å². The lowest BCUT2D eigenvalue weighted by molar-refractivity contribution is 0.193. The highest BCUT2D eigenvalue weighted by Gasteiger charge is 2.18. The fourth-order valence-corrected chi connectivity index (χ4v) is 1.98. The van der Waals surface area contributed by atoms with Crippen LogP contribution in [0.25, 0.3) is 0 Å². The van der Waals surface area contributed by atoms with Gasteiger partial charge in [0.2, 0.25) is 0 Å². The highest BCUT2D eigenvalue weighted by molar-refractivity contribution is 5.88. The fourth-order valence-electron chi connectivity index (χ4n) is 1.98. The van der Waals surface area contributed by atoms with Crippen molar-refractivity contribution in [1.82, 2.24) is 10.1 Å². The molecule has 0 aliphatic heterocycles. The van der Waals surface area contributed by atoms with Gasteiger partial charge in [-0.05, 0) is 38.5 Å². The van der Waals surface area contributed by atoms with E-state index in [-0.39, 0.29) is 12.1 Å². The maximum absolute atomic E-state index is 12.4. The Kier molecular flexibility index (Phi) is 4.79. The molecule has 2 aromatic rings. The maximum atomic E-state index is 12.4. The molecule has 0 spiro atoms. The second-order valence-electron chi connectivity index (χ2n) is 5.28. The Balaban J connectivity index is 2.08. The summed E-state index contributed by atoms with van der Waals surface area (Å²) in [5.74, 6) is 1.03. The Morgan fingerprint density at radius 1 is 1.41 bits per heavy atom. The predicted molar refractivity (Wildman–Crippen MR) is 82.1 cm³/mol. The van der Waals surface area contributed by atoms with Crippen LogP contribution in [0.15, 0.2) is 34.9 Å². The first kappa shape index (κ1) is 15.6. The van der Waals surface area contributed by atoms with Crippen molar-refractivity contribution in [2.24, 2.45) is 0 Å². The van der Waals surface area contributed by atoms with Gasteiger partial charge in [0.25, 0.3) is 0 Å². The number of anilines is 1. The molecule has 1 N–H and O–H groups in total. The van der Waals surface area contributed by atoms with Gasteiger partial charge in [-0.25, -0.2) is 4.79 Å². The fraction of sp³-hybridized carbons (Fsp3) is 0.312. The number of urea groups is 1. The van der Waals surface area contributed by atoms with Gasteiger partial charge in [-0.2, -0.15) is 5.26 Å². The van der Waals surface area contributed by atoms with Crippen LogP contribution in [0.5, 0.6) is 0 Å². The van der Waals surface area contributed by atoms with Crippen LogP contribution in [0.2, 0.25) is 0 Å². The van der Waals surface area contributed by atoms with Crippen LogP contribution in [0.1, 0.15) is 30.7 Å². The average molecular weight is 298 g/mol. The van der Waals surface area contributed by atoms with Crippen LogP contribution in [0.4, 0.5) is 10.6 Å². The van der Waals surface area contributed by atoms with E-state index >= 15 is 0 Å². The number of amides is 2. The molecule has 1 heterocycles. The quantitative estimate of drug-likeness (QED) is 0.938. The van der Waals surface area contributed by atoms with E-state index in [1.165, 1.54) is 0 Å². The minimum atomic E-state index is -0.243. The molecule has 6 heteroatoms. The van der Waals surface area contributed by atoms with Gasteiger partial charge in [-0.1, -0.05) is 17.3 Å². The lowest BCUT2D eigenvalue weighted by Gasteiger charge is -2.26. The highest BCUT2D eigenvalue weighted by Crippen LogP contribution is 2.13. The van der Waals surface area contributed by atoms with Gasteiger partial charge in [-0.3, -0.25) is 5.32 Å². The van der Waals surface area contributed by atoms with E-state index in [0.29, 0.717) is 23.7 Å². The third kappa shape index (κ3) is 3.85. The Bertz CT molecular complexity index is 683. The molecule has 0 saturated heterocycles. The van der Waals surface area contributed by atoms with Crippen molar-refractivity contribution < 1.29 is 9.32 Å². The number of rotatable bonds is 4. The summed E-state index contributed by atoms with van der Waals surface area (Å²) >= 11 is 0. The second kappa shape index (κ2) is 6.76. The van der Waals surface area contributed by atoms with E-state index in [9.17, 15) is 4.79 Å². The molecule has 0 unspecified atom stereocenters. The molecule has 0 radical (unpaired) electrons. The lowest BCUT2D eigenvalue weighted by Crippen LogP contribution is -2.39. The van der Waals surface area contributed by atoms with Crippen molar-refractivity contribution in [2.75, 3.05) is 5.32 Å². The van der Waals surface area contributed by atoms with Crippen molar-refractivity contribution in [3.05, 3.63) is 47.2 Å². The molecule has 22 heavy (non-hydrogen) atoms. The van der Waals surface area contributed by atoms with Crippen molar-refractivity contribution in [3.8, 4) is 6.07 Å². The lowest BCUT2D eigenvalue weighted by atomic mass is 10.1. The second-order valence-corrected chi connectivity index (χ2v) is 5.28. The number of nitrogens with zero attached hydrogens (tertiary/aromatic N) is 3. The first-order valence-corrected chi connectivity index (χ1v) is 6.99. The molecular formula is C16H18N4O2. The molecule has 0 atom stereocenters. The number of benzene rings is 1. The first-order chi connectivity index (χ1) is 10.5. The maximum Gasteiger partial charge on any atom is 0.323 e. The predicted octanol–water partition coefficient (Wildman–Crippen LogP) is 3.30. The molecule has 6 nitrogen and oxygen atoms in total. The number of aromatic nitrogens is 1. The van der Waals surface area contributed by atoms with Crippen LogP contribution < -0.4 is 5.32 Å². The Morgan fingerprint density at radius 3 is 2.59 bits per heavy atom. The largest absolute Gasteiger partial charge is 0.360 e. The van der Waals surface area contributed by atoms with Crippen LogP contribution >= 0.6 is 0 Å². The summed E-state index contributed by atoms with van der Waals surface area (Å²) in [5, 5.41) is 15.3. The number of aryl methyl sites for hydroxylation is 1. The van der Waals surface area contributed by atoms with Gasteiger partial charge >= 0.3 is 6.03 Å². The number of hydrogen-bond donors (Lipinski definition) is 1. The van der Waals surface area contributed by atoms with Crippen molar-refractivity contribution in [1.29, 1.82) is 5.26 Å². The zero-order valence-electron chi connectivity index (χ0n) is 12.8. The minimum Gasteiger partial charge on any atom is -0.360 e. The molecule has 2 amide bonds. The zero-order valence-corrected chi connectivity index (χ0v) is 12.8. The highest BCUT2D eigenvalue weighted by atomic mass is 16.5. The van der Waals surface area contributed by atoms with E-state index < -0.39 is 0 Å². The summed E-state index contributed by atoms with van der Waals surface area (Å²) in [5.41, 5.74) is 1.56. The van der Waals surface area contributed by atoms with Crippen LogP contribution in [0.3, 0.4) is 0 Å². The summed E-state index contributed by atoms with van der Waals surface area (Å²) < 4.78 is 4.94. The van der Waals surface area contributed by atoms with Gasteiger partial charge in [-0.15, -0.1) is 0 Å². The molecular weight excluding hydrogens is 280 g/mol. The molecule has 0 aliphatic carbocycles. The third-order valence-corrected chi connectivity index (χ3v) is 3.18. The monoisotopic (exact) mass is 298 g/mol. The Morgan fingerprint density at radius 2 is 2.09 bits per heavy atom. The molecule has 0 bridgehead atoms. The molecule has 0 fully saturated rings. The first-order valence-electron chi connectivity index (χ1n) is 6.99. The topological polar surface area (TPSA) is 82.2 Å². The molecule has 1 aromatic heterocycles. The Hall–Kier alpha value is -2.81. The van der Waals surface area contributed by atoms with E-state index in [1.54, 1.807) is 30.0 Å². The van der Waals surface area contributed by atoms with Gasteiger partial charge in [0.1, 0.15) is 5.76 Å². The number of nitriles is 1. The number of carbonyl (C=O) groups is 1. The third-order valence-electron chi connectivity index (χ3n) is 3.18. The summed E-state index contributed by atoms with van der Waals surface area (Å²) in [7, 11) is 0. The van der Waals surface area contributed by atoms with Gasteiger partial charge in [0, 0.05) is 18.7 Å². The van der Waals surface area contributed by atoms with Gasteiger partial charge in [0.15, 0.2) is 5.82 Å². The van der Waals surface area contributed by atoms with Crippen LogP contribution in [0, 0.1) is 18.3 Å². The van der Waals surface area contributed by atoms with E-state index in [0.717, 1.165) is 5.56 Å². The van der Waals surface area contributed by atoms with E-state index in [4.69, 9.17) is 9.78 Å². The molecule has 2 rings (SSSR count). The number of nitrogens with one attached hydrogen (secondary N) is 1. The standard InChI is InChI=1S/C16H18N4O2/c1-11(2)20(10-14-6-4-13(9-17)5-7-14)16(21)18-15-8-12(3)22-19-15/h4-8,11H,10H2,1-3H3,(H,18,19,21). The molecule has 0 saturated carbocycles. The minimum absolute atomic E-state index is 0.0173. The van der Waals surface area contributed by atoms with Crippen molar-refractivity contribution in [2.45, 2.75) is 33.4 Å². The number of hydrogen-bond acceptors (Lipinski definition) is 4. The summed E-state index contributed by atoms with van der Waals surface area (Å²) in [6, 6.07) is 10.7. The Labute approximate surface area is 129 Å². The summed E-state index contributed by atoms with van der Waals surface area (Å²) in [6.45, 7) is 6.10. The van der Waals surface area contributed by atoms with Gasteiger partial charge < -0.3 is 9.42 Å². The smallest absolute Gasteiger partial charge is 0.323 e. The molecule has 0 aliphatic rings. The van der Waals surface area contributed by atoms with E-state index in [2.05, 4.69) is 16.5 Å². The van der Waals surface area contributed by atoms with E-state index in [1.807, 2.05) is 26.0 Å². The number of carbonyl (C=O) groups excluding carboxylic acids is 1.